The molecule has 1 aromatic heterocycles. The predicted molar refractivity (Wildman–Crippen MR) is 132 cm³/mol. The van der Waals surface area contributed by atoms with Gasteiger partial charge in [-0.3, -0.25) is 4.79 Å². The van der Waals surface area contributed by atoms with Crippen LogP contribution in [0.2, 0.25) is 0 Å². The molecule has 184 valence electrons. The first-order valence-corrected chi connectivity index (χ1v) is 12.1. The highest BCUT2D eigenvalue weighted by molar-refractivity contribution is 5.88. The summed E-state index contributed by atoms with van der Waals surface area (Å²) < 4.78 is 11.5. The number of ether oxygens (including phenoxy) is 1. The van der Waals surface area contributed by atoms with E-state index in [1.165, 1.54) is 75.3 Å². The number of rotatable bonds is 13. The van der Waals surface area contributed by atoms with Gasteiger partial charge in [-0.2, -0.15) is 0 Å². The molecule has 3 rings (SSSR count). The molecular formula is C27H34O7. The van der Waals surface area contributed by atoms with Crippen LogP contribution >= 0.6 is 0 Å². The lowest BCUT2D eigenvalue weighted by atomic mass is 10.1. The van der Waals surface area contributed by atoms with Crippen molar-refractivity contribution in [3.63, 3.8) is 0 Å². The molecule has 1 heterocycles. The topological polar surface area (TPSA) is 120 Å². The molecule has 0 aliphatic rings. The van der Waals surface area contributed by atoms with Gasteiger partial charge in [-0.15, -0.1) is 0 Å². The fourth-order valence-corrected chi connectivity index (χ4v) is 3.99. The highest BCUT2D eigenvalue weighted by Crippen LogP contribution is 2.37. The molecule has 0 bridgehead atoms. The Balaban J connectivity index is 1.61. The quantitative estimate of drug-likeness (QED) is 0.164. The van der Waals surface area contributed by atoms with Gasteiger partial charge in [0, 0.05) is 17.7 Å². The van der Waals surface area contributed by atoms with E-state index in [9.17, 15) is 25.2 Å². The monoisotopic (exact) mass is 470 g/mol. The molecular weight excluding hydrogens is 436 g/mol. The van der Waals surface area contributed by atoms with Crippen LogP contribution < -0.4 is 10.2 Å². The van der Waals surface area contributed by atoms with E-state index >= 15 is 0 Å². The zero-order chi connectivity index (χ0) is 24.5. The fraction of sp³-hybridized carbons (Fsp3) is 0.444. The van der Waals surface area contributed by atoms with Crippen molar-refractivity contribution in [2.24, 2.45) is 0 Å². The molecule has 0 aliphatic carbocycles. The van der Waals surface area contributed by atoms with E-state index in [0.29, 0.717) is 12.4 Å². The first-order valence-electron chi connectivity index (χ1n) is 12.1. The van der Waals surface area contributed by atoms with E-state index in [2.05, 4.69) is 6.92 Å². The minimum absolute atomic E-state index is 0.0448. The Bertz CT molecular complexity index is 1150. The van der Waals surface area contributed by atoms with Gasteiger partial charge in [0.2, 0.25) is 11.2 Å². The van der Waals surface area contributed by atoms with Gasteiger partial charge in [0.1, 0.15) is 22.5 Å². The molecule has 0 aliphatic heterocycles. The summed E-state index contributed by atoms with van der Waals surface area (Å²) in [4.78, 5) is 12.6. The second-order valence-electron chi connectivity index (χ2n) is 8.66. The van der Waals surface area contributed by atoms with Crippen molar-refractivity contribution < 1.29 is 29.6 Å². The van der Waals surface area contributed by atoms with Crippen molar-refractivity contribution in [3.8, 4) is 40.1 Å². The molecule has 4 N–H and O–H groups in total. The smallest absolute Gasteiger partial charge is 0.238 e. The standard InChI is InChI=1S/C27H34O7/c1-2-3-4-5-6-7-8-9-10-11-14-33-19-16-22(30)24-23(17-19)34-27(26(32)25(24)31)18-12-13-20(28)21(29)15-18/h12-13,15-17,28-30,32H,2-11,14H2,1H3. The number of hydrogen-bond donors (Lipinski definition) is 4. The summed E-state index contributed by atoms with van der Waals surface area (Å²) in [6.07, 6.45) is 12.2. The number of phenolic OH excluding ortho intramolecular Hbond substituents is 3. The van der Waals surface area contributed by atoms with E-state index < -0.39 is 16.9 Å². The Hall–Kier alpha value is -3.35. The second kappa shape index (κ2) is 12.2. The van der Waals surface area contributed by atoms with Gasteiger partial charge in [0.15, 0.2) is 17.3 Å². The van der Waals surface area contributed by atoms with Gasteiger partial charge in [-0.05, 0) is 24.6 Å². The molecule has 2 aromatic carbocycles. The van der Waals surface area contributed by atoms with E-state index in [1.807, 2.05) is 0 Å². The molecule has 0 radical (unpaired) electrons. The minimum Gasteiger partial charge on any atom is -0.507 e. The third kappa shape index (κ3) is 6.37. The number of benzene rings is 2. The summed E-state index contributed by atoms with van der Waals surface area (Å²) in [6.45, 7) is 2.70. The average molecular weight is 471 g/mol. The summed E-state index contributed by atoms with van der Waals surface area (Å²) in [5.74, 6) is -1.64. The van der Waals surface area contributed by atoms with Gasteiger partial charge in [-0.25, -0.2) is 0 Å². The van der Waals surface area contributed by atoms with E-state index in [4.69, 9.17) is 9.15 Å². The zero-order valence-corrected chi connectivity index (χ0v) is 19.7. The molecule has 0 atom stereocenters. The normalized spacial score (nSPS) is 11.2. The van der Waals surface area contributed by atoms with Crippen LogP contribution in [0.5, 0.6) is 28.7 Å². The maximum Gasteiger partial charge on any atom is 0.238 e. The summed E-state index contributed by atoms with van der Waals surface area (Å²) in [7, 11) is 0. The molecule has 0 saturated carbocycles. The molecule has 0 spiro atoms. The second-order valence-corrected chi connectivity index (χ2v) is 8.66. The van der Waals surface area contributed by atoms with Crippen molar-refractivity contribution in [1.29, 1.82) is 0 Å². The van der Waals surface area contributed by atoms with Crippen LogP contribution in [0.15, 0.2) is 39.5 Å². The Morgan fingerprint density at radius 2 is 1.41 bits per heavy atom. The van der Waals surface area contributed by atoms with Crippen LogP contribution in [-0.4, -0.2) is 27.0 Å². The SMILES string of the molecule is CCCCCCCCCCCCOc1cc(O)c2c(=O)c(O)c(-c3ccc(O)c(O)c3)oc2c1. The maximum atomic E-state index is 12.6. The third-order valence-electron chi connectivity index (χ3n) is 5.93. The van der Waals surface area contributed by atoms with Crippen LogP contribution in [0.3, 0.4) is 0 Å². The molecule has 0 saturated heterocycles. The minimum atomic E-state index is -0.803. The summed E-state index contributed by atoms with van der Waals surface area (Å²) in [5.41, 5.74) is -0.561. The Labute approximate surface area is 199 Å². The highest BCUT2D eigenvalue weighted by Gasteiger charge is 2.19. The lowest BCUT2D eigenvalue weighted by Crippen LogP contribution is -2.04. The van der Waals surface area contributed by atoms with Gasteiger partial charge in [0.05, 0.1) is 6.61 Å². The van der Waals surface area contributed by atoms with Crippen molar-refractivity contribution >= 4 is 11.0 Å². The Morgan fingerprint density at radius 3 is 2.06 bits per heavy atom. The molecule has 0 amide bonds. The van der Waals surface area contributed by atoms with Crippen LogP contribution in [-0.2, 0) is 0 Å². The number of aromatic hydroxyl groups is 4. The van der Waals surface area contributed by atoms with Crippen LogP contribution in [0, 0.1) is 0 Å². The molecule has 0 unspecified atom stereocenters. The van der Waals surface area contributed by atoms with Gasteiger partial charge in [0.25, 0.3) is 0 Å². The van der Waals surface area contributed by atoms with E-state index in [1.54, 1.807) is 0 Å². The van der Waals surface area contributed by atoms with Crippen molar-refractivity contribution in [3.05, 3.63) is 40.6 Å². The summed E-state index contributed by atoms with van der Waals surface area (Å²) >= 11 is 0. The predicted octanol–water partition coefficient (Wildman–Crippen LogP) is 6.58. The Kier molecular flexibility index (Phi) is 9.08. The molecule has 7 nitrogen and oxygen atoms in total. The number of hydrogen-bond acceptors (Lipinski definition) is 7. The maximum absolute atomic E-state index is 12.6. The Morgan fingerprint density at radius 1 is 0.765 bits per heavy atom. The largest absolute Gasteiger partial charge is 0.507 e. The highest BCUT2D eigenvalue weighted by atomic mass is 16.5. The van der Waals surface area contributed by atoms with Crippen molar-refractivity contribution in [2.75, 3.05) is 6.61 Å². The van der Waals surface area contributed by atoms with Crippen LogP contribution in [0.4, 0.5) is 0 Å². The summed E-state index contributed by atoms with van der Waals surface area (Å²) in [6, 6.07) is 6.61. The van der Waals surface area contributed by atoms with Crippen molar-refractivity contribution in [1.82, 2.24) is 0 Å². The van der Waals surface area contributed by atoms with Gasteiger partial charge < -0.3 is 29.6 Å². The fourth-order valence-electron chi connectivity index (χ4n) is 3.99. The zero-order valence-electron chi connectivity index (χ0n) is 19.7. The van der Waals surface area contributed by atoms with E-state index in [0.717, 1.165) is 19.3 Å². The molecule has 0 fully saturated rings. The van der Waals surface area contributed by atoms with Crippen molar-refractivity contribution in [2.45, 2.75) is 71.1 Å². The number of fused-ring (bicyclic) bond motifs is 1. The van der Waals surface area contributed by atoms with Gasteiger partial charge >= 0.3 is 0 Å². The molecule has 3 aromatic rings. The first kappa shape index (κ1) is 25.3. The first-order chi connectivity index (χ1) is 16.4. The average Bonchev–Trinajstić information content (AvgIpc) is 2.81. The third-order valence-corrected chi connectivity index (χ3v) is 5.93. The summed E-state index contributed by atoms with van der Waals surface area (Å²) in [5, 5.41) is 39.8. The van der Waals surface area contributed by atoms with Crippen LogP contribution in [0.25, 0.3) is 22.3 Å². The number of phenols is 3. The lowest BCUT2D eigenvalue weighted by Gasteiger charge is -2.11. The van der Waals surface area contributed by atoms with E-state index in [-0.39, 0.29) is 33.8 Å². The number of unbranched alkanes of at least 4 members (excludes halogenated alkanes) is 9. The molecule has 7 heteroatoms. The lowest BCUT2D eigenvalue weighted by molar-refractivity contribution is 0.302. The van der Waals surface area contributed by atoms with Crippen LogP contribution in [0.1, 0.15) is 71.1 Å². The van der Waals surface area contributed by atoms with Gasteiger partial charge in [-0.1, -0.05) is 64.7 Å². The molecule has 34 heavy (non-hydrogen) atoms.